The van der Waals surface area contributed by atoms with Gasteiger partial charge in [0.25, 0.3) is 0 Å². The molecule has 0 atom stereocenters. The highest BCUT2D eigenvalue weighted by atomic mass is 32.1. The number of anilines is 3. The first kappa shape index (κ1) is 29.1. The Balaban J connectivity index is 1.33. The van der Waals surface area contributed by atoms with Crippen molar-refractivity contribution in [1.29, 1.82) is 15.8 Å². The Morgan fingerprint density at radius 2 is 1.36 bits per heavy atom. The molecule has 7 aromatic rings. The number of hydrogen-bond acceptors (Lipinski definition) is 9. The quantitative estimate of drug-likeness (QED) is 0.164. The molecule has 0 spiro atoms. The van der Waals surface area contributed by atoms with Gasteiger partial charge < -0.3 is 9.47 Å². The first-order valence-corrected chi connectivity index (χ1v) is 17.7. The fourth-order valence-electron chi connectivity index (χ4n) is 6.75. The maximum atomic E-state index is 9.85. The highest BCUT2D eigenvalue weighted by molar-refractivity contribution is 7.30. The van der Waals surface area contributed by atoms with Gasteiger partial charge in [-0.05, 0) is 49.2 Å². The first-order valence-electron chi connectivity index (χ1n) is 15.4. The molecule has 1 saturated carbocycles. The van der Waals surface area contributed by atoms with Gasteiger partial charge in [0.05, 0.1) is 37.7 Å². The molecule has 1 fully saturated rings. The molecule has 0 unspecified atom stereocenters. The summed E-state index contributed by atoms with van der Waals surface area (Å²) in [5.74, 6) is 0. The van der Waals surface area contributed by atoms with Crippen LogP contribution in [0, 0.1) is 34.0 Å². The van der Waals surface area contributed by atoms with Crippen LogP contribution in [-0.2, 0) is 0 Å². The number of rotatable bonds is 6. The summed E-state index contributed by atoms with van der Waals surface area (Å²) in [5.41, 5.74) is 7.15. The van der Waals surface area contributed by atoms with Crippen LogP contribution >= 0.6 is 34.4 Å². The Bertz CT molecular complexity index is 2380. The second-order valence-corrected chi connectivity index (χ2v) is 14.1. The third kappa shape index (κ3) is 4.88. The molecular weight excluding hydrogens is 639 g/mol. The minimum absolute atomic E-state index is 0.0218. The number of hydrogen-bond donors (Lipinski definition) is 0. The van der Waals surface area contributed by atoms with E-state index in [-0.39, 0.29) is 11.1 Å². The molecule has 7 nitrogen and oxygen atoms in total. The molecule has 4 aromatic heterocycles. The van der Waals surface area contributed by atoms with E-state index in [2.05, 4.69) is 91.0 Å². The summed E-state index contributed by atoms with van der Waals surface area (Å²) in [6.45, 7) is 0. The number of para-hydroxylation sites is 2. The van der Waals surface area contributed by atoms with Gasteiger partial charge >= 0.3 is 0 Å². The van der Waals surface area contributed by atoms with Gasteiger partial charge in [-0.1, -0.05) is 67.8 Å². The Morgan fingerprint density at radius 3 is 2.02 bits per heavy atom. The molecule has 0 radical (unpaired) electrons. The van der Waals surface area contributed by atoms with Crippen LogP contribution < -0.4 is 4.90 Å². The third-order valence-electron chi connectivity index (χ3n) is 8.86. The zero-order valence-corrected chi connectivity index (χ0v) is 27.5. The Morgan fingerprint density at radius 1 is 0.723 bits per heavy atom. The summed E-state index contributed by atoms with van der Waals surface area (Å²) >= 11 is 4.66. The number of allylic oxidation sites excluding steroid dienone is 2. The van der Waals surface area contributed by atoms with E-state index < -0.39 is 0 Å². The van der Waals surface area contributed by atoms with E-state index in [1.165, 1.54) is 44.7 Å². The molecule has 226 valence electrons. The fraction of sp³-hybridized carbons (Fsp3) is 0.162. The van der Waals surface area contributed by atoms with Crippen molar-refractivity contribution in [2.24, 2.45) is 0 Å². The number of nitriles is 3. The van der Waals surface area contributed by atoms with Crippen LogP contribution in [0.5, 0.6) is 0 Å². The molecule has 8 rings (SSSR count). The van der Waals surface area contributed by atoms with Crippen LogP contribution in [0.25, 0.3) is 47.5 Å². The maximum Gasteiger partial charge on any atom is 0.148 e. The van der Waals surface area contributed by atoms with Crippen molar-refractivity contribution in [3.05, 3.63) is 96.1 Å². The molecule has 0 bridgehead atoms. The smallest absolute Gasteiger partial charge is 0.148 e. The molecule has 0 amide bonds. The summed E-state index contributed by atoms with van der Waals surface area (Å²) in [7, 11) is 0. The van der Waals surface area contributed by atoms with Crippen molar-refractivity contribution in [3.63, 3.8) is 0 Å². The lowest BCUT2D eigenvalue weighted by Gasteiger charge is -2.25. The summed E-state index contributed by atoms with van der Waals surface area (Å²) < 4.78 is 14.3. The zero-order valence-electron chi connectivity index (χ0n) is 25.1. The standard InChI is InChI=1S/C37H25N7S3/c38-20-23(21-39)29(22-40)27-16-17-28(35-34(27)41-47-42-35)32-18-30-36(45-32)37-31(44(30)26-14-8-3-9-15-26)19-33(46-37)43(24-10-4-1-5-11-24)25-12-6-2-7-13-25/h1-2,4-7,10-13,16-19,26H,3,8-9,14-15H2. The largest absolute Gasteiger partial charge is 0.336 e. The van der Waals surface area contributed by atoms with Gasteiger partial charge in [0, 0.05) is 33.4 Å². The summed E-state index contributed by atoms with van der Waals surface area (Å²) in [6.07, 6.45) is 6.07. The van der Waals surface area contributed by atoms with Gasteiger partial charge in [0.15, 0.2) is 0 Å². The van der Waals surface area contributed by atoms with Crippen molar-refractivity contribution in [1.82, 2.24) is 13.3 Å². The molecule has 1 aliphatic rings. The highest BCUT2D eigenvalue weighted by Crippen LogP contribution is 2.50. The van der Waals surface area contributed by atoms with Crippen molar-refractivity contribution < 1.29 is 0 Å². The van der Waals surface area contributed by atoms with E-state index >= 15 is 0 Å². The van der Waals surface area contributed by atoms with Crippen LogP contribution in [0.4, 0.5) is 16.4 Å². The fourth-order valence-corrected chi connectivity index (χ4v) is 9.84. The van der Waals surface area contributed by atoms with Gasteiger partial charge in [-0.2, -0.15) is 24.5 Å². The molecule has 0 N–H and O–H groups in total. The average Bonchev–Trinajstić information content (AvgIpc) is 3.91. The van der Waals surface area contributed by atoms with Crippen LogP contribution in [0.2, 0.25) is 0 Å². The molecule has 1 aliphatic carbocycles. The monoisotopic (exact) mass is 663 g/mol. The van der Waals surface area contributed by atoms with Gasteiger partial charge in [-0.15, -0.1) is 22.7 Å². The van der Waals surface area contributed by atoms with Crippen molar-refractivity contribution in [3.8, 4) is 28.6 Å². The molecule has 47 heavy (non-hydrogen) atoms. The molecular formula is C37H25N7S3. The van der Waals surface area contributed by atoms with Gasteiger partial charge in [-0.25, -0.2) is 0 Å². The molecule has 0 aliphatic heterocycles. The normalized spacial score (nSPS) is 13.4. The van der Waals surface area contributed by atoms with Crippen LogP contribution in [0.3, 0.4) is 0 Å². The average molecular weight is 664 g/mol. The number of thiophene rings is 2. The minimum atomic E-state index is -0.228. The number of nitrogens with zero attached hydrogens (tertiary/aromatic N) is 7. The van der Waals surface area contributed by atoms with E-state index in [4.69, 9.17) is 0 Å². The predicted octanol–water partition coefficient (Wildman–Crippen LogP) is 10.9. The summed E-state index contributed by atoms with van der Waals surface area (Å²) in [5, 5.41) is 30.0. The lowest BCUT2D eigenvalue weighted by Crippen LogP contribution is -2.12. The van der Waals surface area contributed by atoms with Crippen LogP contribution in [0.1, 0.15) is 43.7 Å². The van der Waals surface area contributed by atoms with Crippen molar-refractivity contribution >= 4 is 87.8 Å². The van der Waals surface area contributed by atoms with Gasteiger partial charge in [-0.3, -0.25) is 0 Å². The summed E-state index contributed by atoms with van der Waals surface area (Å²) in [6, 6.07) is 35.7. The van der Waals surface area contributed by atoms with Gasteiger partial charge in [0.2, 0.25) is 0 Å². The third-order valence-corrected chi connectivity index (χ3v) is 11.8. The second kappa shape index (κ2) is 12.1. The zero-order chi connectivity index (χ0) is 31.9. The van der Waals surface area contributed by atoms with E-state index in [0.717, 1.165) is 46.4 Å². The van der Waals surface area contributed by atoms with Crippen molar-refractivity contribution in [2.75, 3.05) is 4.90 Å². The second-order valence-electron chi connectivity index (χ2n) is 11.5. The SMILES string of the molecule is N#CC(C#N)=C(C#N)c1ccc(-c2cc3c(s2)c2sc(N(c4ccccc4)c4ccccc4)cc2n3C2CCCCC2)c2nsnc12. The number of fused-ring (bicyclic) bond motifs is 4. The molecule has 3 aromatic carbocycles. The van der Waals surface area contributed by atoms with E-state index in [1.54, 1.807) is 17.4 Å². The van der Waals surface area contributed by atoms with Crippen molar-refractivity contribution in [2.45, 2.75) is 38.1 Å². The van der Waals surface area contributed by atoms with Crippen LogP contribution in [0.15, 0.2) is 90.5 Å². The number of benzene rings is 3. The lowest BCUT2D eigenvalue weighted by molar-refractivity contribution is 0.367. The molecule has 10 heteroatoms. The Labute approximate surface area is 283 Å². The molecule has 4 heterocycles. The maximum absolute atomic E-state index is 9.85. The number of aromatic nitrogens is 3. The van der Waals surface area contributed by atoms with Gasteiger partial charge in [0.1, 0.15) is 39.8 Å². The first-order chi connectivity index (χ1) is 23.2. The topological polar surface area (TPSA) is 105 Å². The lowest BCUT2D eigenvalue weighted by atomic mass is 9.95. The predicted molar refractivity (Wildman–Crippen MR) is 192 cm³/mol. The Hall–Kier alpha value is -5.31. The van der Waals surface area contributed by atoms with E-state index in [0.29, 0.717) is 22.6 Å². The molecule has 0 saturated heterocycles. The van der Waals surface area contributed by atoms with Crippen LogP contribution in [-0.4, -0.2) is 13.3 Å². The van der Waals surface area contributed by atoms with E-state index in [9.17, 15) is 15.8 Å². The Kier molecular flexibility index (Phi) is 7.52. The minimum Gasteiger partial charge on any atom is -0.336 e. The summed E-state index contributed by atoms with van der Waals surface area (Å²) in [4.78, 5) is 3.42. The van der Waals surface area contributed by atoms with E-state index in [1.807, 2.05) is 35.6 Å². The highest BCUT2D eigenvalue weighted by Gasteiger charge is 2.27.